The van der Waals surface area contributed by atoms with Gasteiger partial charge in [0.15, 0.2) is 5.79 Å². The fraction of sp³-hybridized carbons (Fsp3) is 0.435. The van der Waals surface area contributed by atoms with E-state index in [1.54, 1.807) is 12.4 Å². The van der Waals surface area contributed by atoms with Crippen LogP contribution < -0.4 is 0 Å². The van der Waals surface area contributed by atoms with E-state index >= 15 is 0 Å². The van der Waals surface area contributed by atoms with Gasteiger partial charge in [0.05, 0.1) is 29.5 Å². The SMILES string of the molecule is Cc1ncnc2c1ccn2[C@@H]1C[C@H](Cc2ccc(Cl)cc2C#N)[C@H]2OC(C)(C)O[C@H]21. The van der Waals surface area contributed by atoms with Crippen molar-refractivity contribution in [2.75, 3.05) is 0 Å². The first-order chi connectivity index (χ1) is 14.4. The third kappa shape index (κ3) is 3.18. The number of hydrogen-bond donors (Lipinski definition) is 0. The molecular formula is C23H23ClN4O2. The molecule has 2 aromatic heterocycles. The first kappa shape index (κ1) is 19.5. The van der Waals surface area contributed by atoms with Crippen molar-refractivity contribution in [1.82, 2.24) is 14.5 Å². The second-order valence-corrected chi connectivity index (χ2v) is 9.10. The maximum absolute atomic E-state index is 9.55. The molecule has 0 N–H and O–H groups in total. The van der Waals surface area contributed by atoms with Crippen LogP contribution in [0.5, 0.6) is 0 Å². The summed E-state index contributed by atoms with van der Waals surface area (Å²) >= 11 is 6.09. The summed E-state index contributed by atoms with van der Waals surface area (Å²) in [5.74, 6) is -0.423. The van der Waals surface area contributed by atoms with E-state index < -0.39 is 5.79 Å². The van der Waals surface area contributed by atoms with Gasteiger partial charge in [0.2, 0.25) is 0 Å². The minimum atomic E-state index is -0.641. The number of benzene rings is 1. The predicted molar refractivity (Wildman–Crippen MR) is 113 cm³/mol. The van der Waals surface area contributed by atoms with Crippen molar-refractivity contribution in [3.05, 3.63) is 58.6 Å². The van der Waals surface area contributed by atoms with Gasteiger partial charge in [0, 0.05) is 16.6 Å². The van der Waals surface area contributed by atoms with Gasteiger partial charge in [0.1, 0.15) is 18.1 Å². The van der Waals surface area contributed by atoms with Crippen molar-refractivity contribution in [2.24, 2.45) is 5.92 Å². The van der Waals surface area contributed by atoms with Crippen LogP contribution in [-0.2, 0) is 15.9 Å². The van der Waals surface area contributed by atoms with Gasteiger partial charge in [-0.3, -0.25) is 0 Å². The lowest BCUT2D eigenvalue weighted by molar-refractivity contribution is -0.160. The number of rotatable bonds is 3. The summed E-state index contributed by atoms with van der Waals surface area (Å²) in [6.45, 7) is 5.92. The molecule has 0 spiro atoms. The standard InChI is InChI=1S/C23H23ClN4O2/c1-13-18-6-7-28(22(18)27-12-26-13)19-10-15(20-21(19)30-23(2,3)29-20)8-14-4-5-17(24)9-16(14)11-25/h4-7,9,12,15,19-21H,8,10H2,1-3H3/t15-,19+,20+,21-/m0/s1. The molecule has 4 atom stereocenters. The van der Waals surface area contributed by atoms with Crippen LogP contribution in [-0.4, -0.2) is 32.5 Å². The normalized spacial score (nSPS) is 27.3. The summed E-state index contributed by atoms with van der Waals surface area (Å²) in [5.41, 5.74) is 3.50. The average Bonchev–Trinajstić information content (AvgIpc) is 3.35. The van der Waals surface area contributed by atoms with Crippen LogP contribution in [0.3, 0.4) is 0 Å². The summed E-state index contributed by atoms with van der Waals surface area (Å²) < 4.78 is 14.9. The smallest absolute Gasteiger partial charge is 0.163 e. The van der Waals surface area contributed by atoms with Gasteiger partial charge in [-0.15, -0.1) is 0 Å². The number of fused-ring (bicyclic) bond motifs is 2. The van der Waals surface area contributed by atoms with Crippen LogP contribution in [0, 0.1) is 24.2 Å². The number of halogens is 1. The Morgan fingerprint density at radius 3 is 2.83 bits per heavy atom. The molecule has 0 bridgehead atoms. The number of nitrogens with zero attached hydrogens (tertiary/aromatic N) is 4. The van der Waals surface area contributed by atoms with Crippen LogP contribution in [0.1, 0.15) is 43.1 Å². The summed E-state index contributed by atoms with van der Waals surface area (Å²) in [6.07, 6.45) is 5.19. The Bertz CT molecular complexity index is 1170. The molecule has 1 saturated heterocycles. The highest BCUT2D eigenvalue weighted by atomic mass is 35.5. The molecule has 3 heterocycles. The molecular weight excluding hydrogens is 400 g/mol. The van der Waals surface area contributed by atoms with Crippen LogP contribution >= 0.6 is 11.6 Å². The maximum Gasteiger partial charge on any atom is 0.163 e. The Morgan fingerprint density at radius 1 is 1.23 bits per heavy atom. The van der Waals surface area contributed by atoms with Crippen molar-refractivity contribution >= 4 is 22.6 Å². The summed E-state index contributed by atoms with van der Waals surface area (Å²) in [6, 6.07) is 9.98. The molecule has 3 aromatic rings. The van der Waals surface area contributed by atoms with Gasteiger partial charge in [-0.25, -0.2) is 9.97 Å². The molecule has 0 radical (unpaired) electrons. The zero-order chi connectivity index (χ0) is 21.0. The average molecular weight is 423 g/mol. The Kier molecular flexibility index (Phi) is 4.59. The quantitative estimate of drug-likeness (QED) is 0.617. The van der Waals surface area contributed by atoms with Crippen LogP contribution in [0.25, 0.3) is 11.0 Å². The summed E-state index contributed by atoms with van der Waals surface area (Å²) in [4.78, 5) is 8.85. The molecule has 1 saturated carbocycles. The van der Waals surface area contributed by atoms with Crippen molar-refractivity contribution in [3.8, 4) is 6.07 Å². The predicted octanol–water partition coefficient (Wildman–Crippen LogP) is 4.59. The van der Waals surface area contributed by atoms with E-state index in [0.717, 1.165) is 35.1 Å². The van der Waals surface area contributed by atoms with Crippen molar-refractivity contribution in [2.45, 2.75) is 57.6 Å². The van der Waals surface area contributed by atoms with E-state index in [1.807, 2.05) is 32.9 Å². The van der Waals surface area contributed by atoms with E-state index in [-0.39, 0.29) is 24.2 Å². The summed E-state index contributed by atoms with van der Waals surface area (Å²) in [7, 11) is 0. The monoisotopic (exact) mass is 422 g/mol. The lowest BCUT2D eigenvalue weighted by atomic mass is 9.93. The molecule has 30 heavy (non-hydrogen) atoms. The Labute approximate surface area is 180 Å². The number of aryl methyl sites for hydroxylation is 1. The molecule has 7 heteroatoms. The third-order valence-electron chi connectivity index (χ3n) is 6.29. The number of aromatic nitrogens is 3. The lowest BCUT2D eigenvalue weighted by Gasteiger charge is -2.24. The second kappa shape index (κ2) is 7.05. The number of hydrogen-bond acceptors (Lipinski definition) is 5. The van der Waals surface area contributed by atoms with Crippen LogP contribution in [0.15, 0.2) is 36.8 Å². The highest BCUT2D eigenvalue weighted by Gasteiger charge is 2.54. The molecule has 6 nitrogen and oxygen atoms in total. The van der Waals surface area contributed by atoms with E-state index in [9.17, 15) is 5.26 Å². The second-order valence-electron chi connectivity index (χ2n) is 8.66. The molecule has 1 aliphatic carbocycles. The fourth-order valence-electron chi connectivity index (χ4n) is 5.01. The van der Waals surface area contributed by atoms with Crippen molar-refractivity contribution < 1.29 is 9.47 Å². The molecule has 1 aliphatic heterocycles. The van der Waals surface area contributed by atoms with Crippen molar-refractivity contribution in [3.63, 3.8) is 0 Å². The first-order valence-corrected chi connectivity index (χ1v) is 10.6. The van der Waals surface area contributed by atoms with Crippen LogP contribution in [0.2, 0.25) is 5.02 Å². The fourth-order valence-corrected chi connectivity index (χ4v) is 5.18. The minimum absolute atomic E-state index is 0.0485. The van der Waals surface area contributed by atoms with E-state index in [1.165, 1.54) is 0 Å². The van der Waals surface area contributed by atoms with Gasteiger partial charge in [-0.05, 0) is 63.3 Å². The van der Waals surface area contributed by atoms with Gasteiger partial charge in [-0.2, -0.15) is 5.26 Å². The van der Waals surface area contributed by atoms with E-state index in [2.05, 4.69) is 32.9 Å². The van der Waals surface area contributed by atoms with Crippen molar-refractivity contribution in [1.29, 1.82) is 5.26 Å². The van der Waals surface area contributed by atoms with E-state index in [4.69, 9.17) is 21.1 Å². The topological polar surface area (TPSA) is 73.0 Å². The lowest BCUT2D eigenvalue weighted by Crippen LogP contribution is -2.27. The third-order valence-corrected chi connectivity index (χ3v) is 6.53. The maximum atomic E-state index is 9.55. The Morgan fingerprint density at radius 2 is 2.03 bits per heavy atom. The van der Waals surface area contributed by atoms with Gasteiger partial charge >= 0.3 is 0 Å². The minimum Gasteiger partial charge on any atom is -0.344 e. The first-order valence-electron chi connectivity index (χ1n) is 10.2. The zero-order valence-corrected chi connectivity index (χ0v) is 17.9. The zero-order valence-electron chi connectivity index (χ0n) is 17.2. The number of nitriles is 1. The molecule has 1 aromatic carbocycles. The van der Waals surface area contributed by atoms with Gasteiger partial charge in [-0.1, -0.05) is 17.7 Å². The highest BCUT2D eigenvalue weighted by molar-refractivity contribution is 6.30. The largest absolute Gasteiger partial charge is 0.344 e. The van der Waals surface area contributed by atoms with Gasteiger partial charge < -0.3 is 14.0 Å². The van der Waals surface area contributed by atoms with E-state index in [0.29, 0.717) is 10.6 Å². The summed E-state index contributed by atoms with van der Waals surface area (Å²) in [5, 5.41) is 11.2. The highest BCUT2D eigenvalue weighted by Crippen LogP contribution is 2.48. The molecule has 154 valence electrons. The van der Waals surface area contributed by atoms with Crippen LogP contribution in [0.4, 0.5) is 0 Å². The Balaban J connectivity index is 1.52. The molecule has 0 amide bonds. The Hall–Kier alpha value is -2.46. The number of ether oxygens (including phenoxy) is 2. The van der Waals surface area contributed by atoms with Gasteiger partial charge in [0.25, 0.3) is 0 Å². The molecule has 2 fully saturated rings. The molecule has 0 unspecified atom stereocenters. The molecule has 2 aliphatic rings. The molecule has 5 rings (SSSR count).